The summed E-state index contributed by atoms with van der Waals surface area (Å²) < 4.78 is 0. The highest BCUT2D eigenvalue weighted by Gasteiger charge is 2.28. The SMILES string of the molecule is CCNC(=O)[C@@H](CC)N(Cc1ccccc1C)C(=O)CCSc1ccccc1. The van der Waals surface area contributed by atoms with E-state index in [1.165, 1.54) is 0 Å². The van der Waals surface area contributed by atoms with Gasteiger partial charge in [-0.15, -0.1) is 11.8 Å². The zero-order valence-electron chi connectivity index (χ0n) is 17.0. The zero-order valence-corrected chi connectivity index (χ0v) is 17.8. The molecule has 1 atom stereocenters. The average molecular weight is 399 g/mol. The van der Waals surface area contributed by atoms with Gasteiger partial charge in [-0.05, 0) is 43.5 Å². The number of nitrogens with zero attached hydrogens (tertiary/aromatic N) is 1. The zero-order chi connectivity index (χ0) is 20.4. The highest BCUT2D eigenvalue weighted by Crippen LogP contribution is 2.20. The molecular formula is C23H30N2O2S. The maximum absolute atomic E-state index is 13.1. The van der Waals surface area contributed by atoms with Crippen LogP contribution in [0.4, 0.5) is 0 Å². The first kappa shape index (κ1) is 22.0. The maximum Gasteiger partial charge on any atom is 0.242 e. The fraction of sp³-hybridized carbons (Fsp3) is 0.391. The van der Waals surface area contributed by atoms with Crippen LogP contribution in [-0.4, -0.2) is 35.1 Å². The van der Waals surface area contributed by atoms with Crippen molar-refractivity contribution >= 4 is 23.6 Å². The van der Waals surface area contributed by atoms with Gasteiger partial charge >= 0.3 is 0 Å². The van der Waals surface area contributed by atoms with Crippen LogP contribution in [0.2, 0.25) is 0 Å². The number of likely N-dealkylation sites (N-methyl/N-ethyl adjacent to an activating group) is 1. The van der Waals surface area contributed by atoms with Gasteiger partial charge in [0.2, 0.25) is 11.8 Å². The Morgan fingerprint density at radius 3 is 2.36 bits per heavy atom. The fourth-order valence-electron chi connectivity index (χ4n) is 3.10. The molecule has 5 heteroatoms. The molecule has 28 heavy (non-hydrogen) atoms. The number of carbonyl (C=O) groups excluding carboxylic acids is 2. The molecule has 2 rings (SSSR count). The summed E-state index contributed by atoms with van der Waals surface area (Å²) in [5.41, 5.74) is 2.21. The Hall–Kier alpha value is -2.27. The van der Waals surface area contributed by atoms with Crippen LogP contribution in [0.3, 0.4) is 0 Å². The van der Waals surface area contributed by atoms with Crippen molar-refractivity contribution in [1.29, 1.82) is 0 Å². The van der Waals surface area contributed by atoms with E-state index in [0.29, 0.717) is 31.7 Å². The van der Waals surface area contributed by atoms with Crippen molar-refractivity contribution in [2.24, 2.45) is 0 Å². The van der Waals surface area contributed by atoms with E-state index < -0.39 is 6.04 Å². The van der Waals surface area contributed by atoms with E-state index in [4.69, 9.17) is 0 Å². The number of benzene rings is 2. The highest BCUT2D eigenvalue weighted by molar-refractivity contribution is 7.99. The Bertz CT molecular complexity index is 764. The minimum atomic E-state index is -0.450. The Morgan fingerprint density at radius 1 is 1.04 bits per heavy atom. The van der Waals surface area contributed by atoms with Gasteiger partial charge in [0.25, 0.3) is 0 Å². The molecule has 0 aliphatic rings. The smallest absolute Gasteiger partial charge is 0.242 e. The molecule has 0 radical (unpaired) electrons. The molecule has 0 unspecified atom stereocenters. The quantitative estimate of drug-likeness (QED) is 0.603. The molecule has 2 aromatic rings. The van der Waals surface area contributed by atoms with Crippen LogP contribution in [0.25, 0.3) is 0 Å². The first-order valence-electron chi connectivity index (χ1n) is 9.86. The van der Waals surface area contributed by atoms with Gasteiger partial charge in [-0.2, -0.15) is 0 Å². The van der Waals surface area contributed by atoms with Crippen LogP contribution in [0.15, 0.2) is 59.5 Å². The summed E-state index contributed by atoms with van der Waals surface area (Å²) in [6.07, 6.45) is 0.997. The summed E-state index contributed by atoms with van der Waals surface area (Å²) in [6.45, 7) is 6.91. The molecule has 0 bridgehead atoms. The molecule has 0 aliphatic carbocycles. The third-order valence-electron chi connectivity index (χ3n) is 4.67. The van der Waals surface area contributed by atoms with E-state index in [1.807, 2.05) is 75.4 Å². The predicted molar refractivity (Wildman–Crippen MR) is 116 cm³/mol. The molecule has 0 spiro atoms. The van der Waals surface area contributed by atoms with Gasteiger partial charge in [-0.25, -0.2) is 0 Å². The van der Waals surface area contributed by atoms with Gasteiger partial charge in [-0.1, -0.05) is 49.4 Å². The van der Waals surface area contributed by atoms with Crippen LogP contribution in [0.5, 0.6) is 0 Å². The van der Waals surface area contributed by atoms with Crippen molar-refractivity contribution in [3.05, 3.63) is 65.7 Å². The number of amides is 2. The van der Waals surface area contributed by atoms with E-state index in [-0.39, 0.29) is 11.8 Å². The lowest BCUT2D eigenvalue weighted by atomic mass is 10.1. The molecule has 1 N–H and O–H groups in total. The van der Waals surface area contributed by atoms with Crippen molar-refractivity contribution in [3.63, 3.8) is 0 Å². The molecule has 150 valence electrons. The summed E-state index contributed by atoms with van der Waals surface area (Å²) in [5, 5.41) is 2.88. The number of hydrogen-bond acceptors (Lipinski definition) is 3. The van der Waals surface area contributed by atoms with Gasteiger partial charge in [0.05, 0.1) is 0 Å². The fourth-order valence-corrected chi connectivity index (χ4v) is 3.96. The van der Waals surface area contributed by atoms with Crippen LogP contribution in [0.1, 0.15) is 37.8 Å². The van der Waals surface area contributed by atoms with Crippen LogP contribution in [0, 0.1) is 6.92 Å². The van der Waals surface area contributed by atoms with Crippen molar-refractivity contribution in [1.82, 2.24) is 10.2 Å². The maximum atomic E-state index is 13.1. The molecule has 2 aromatic carbocycles. The summed E-state index contributed by atoms with van der Waals surface area (Å²) in [5.74, 6) is 0.631. The average Bonchev–Trinajstić information content (AvgIpc) is 2.70. The number of hydrogen-bond donors (Lipinski definition) is 1. The van der Waals surface area contributed by atoms with E-state index in [2.05, 4.69) is 5.32 Å². The van der Waals surface area contributed by atoms with E-state index in [0.717, 1.165) is 16.0 Å². The van der Waals surface area contributed by atoms with Crippen molar-refractivity contribution in [2.45, 2.75) is 51.1 Å². The van der Waals surface area contributed by atoms with Crippen molar-refractivity contribution < 1.29 is 9.59 Å². The van der Waals surface area contributed by atoms with E-state index in [9.17, 15) is 9.59 Å². The van der Waals surface area contributed by atoms with Gasteiger partial charge in [-0.3, -0.25) is 9.59 Å². The number of aryl methyl sites for hydroxylation is 1. The first-order valence-corrected chi connectivity index (χ1v) is 10.8. The van der Waals surface area contributed by atoms with E-state index >= 15 is 0 Å². The molecule has 0 heterocycles. The number of thioether (sulfide) groups is 1. The van der Waals surface area contributed by atoms with Crippen LogP contribution < -0.4 is 5.32 Å². The summed E-state index contributed by atoms with van der Waals surface area (Å²) in [6, 6.07) is 17.6. The number of rotatable bonds is 10. The molecule has 2 amide bonds. The Kier molecular flexibility index (Phi) is 9.08. The predicted octanol–water partition coefficient (Wildman–Crippen LogP) is 4.42. The number of nitrogens with one attached hydrogen (secondary N) is 1. The van der Waals surface area contributed by atoms with Gasteiger partial charge in [0.15, 0.2) is 0 Å². The molecule has 0 aromatic heterocycles. The van der Waals surface area contributed by atoms with Gasteiger partial charge < -0.3 is 10.2 Å². The minimum absolute atomic E-state index is 0.0183. The van der Waals surface area contributed by atoms with Crippen LogP contribution in [-0.2, 0) is 16.1 Å². The van der Waals surface area contributed by atoms with Gasteiger partial charge in [0.1, 0.15) is 6.04 Å². The van der Waals surface area contributed by atoms with Crippen molar-refractivity contribution in [3.8, 4) is 0 Å². The van der Waals surface area contributed by atoms with E-state index in [1.54, 1.807) is 16.7 Å². The topological polar surface area (TPSA) is 49.4 Å². The lowest BCUT2D eigenvalue weighted by molar-refractivity contribution is -0.141. The summed E-state index contributed by atoms with van der Waals surface area (Å²) in [4.78, 5) is 28.6. The third-order valence-corrected chi connectivity index (χ3v) is 5.68. The molecule has 0 fully saturated rings. The van der Waals surface area contributed by atoms with Crippen LogP contribution >= 0.6 is 11.8 Å². The Labute approximate surface area is 172 Å². The molecule has 0 saturated heterocycles. The molecule has 0 saturated carbocycles. The second-order valence-corrected chi connectivity index (χ2v) is 7.85. The Balaban J connectivity index is 2.12. The molecular weight excluding hydrogens is 368 g/mol. The largest absolute Gasteiger partial charge is 0.355 e. The van der Waals surface area contributed by atoms with Gasteiger partial charge in [0, 0.05) is 30.2 Å². The number of carbonyl (C=O) groups is 2. The van der Waals surface area contributed by atoms with Crippen molar-refractivity contribution in [2.75, 3.05) is 12.3 Å². The Morgan fingerprint density at radius 2 is 1.71 bits per heavy atom. The first-order chi connectivity index (χ1) is 13.6. The third kappa shape index (κ3) is 6.41. The second-order valence-electron chi connectivity index (χ2n) is 6.68. The lowest BCUT2D eigenvalue weighted by Crippen LogP contribution is -2.49. The monoisotopic (exact) mass is 398 g/mol. The summed E-state index contributed by atoms with van der Waals surface area (Å²) in [7, 11) is 0. The standard InChI is InChI=1S/C23H30N2O2S/c1-4-21(23(27)24-5-2)25(17-19-12-10-9-11-18(19)3)22(26)15-16-28-20-13-7-6-8-14-20/h6-14,21H,4-5,15-17H2,1-3H3,(H,24,27)/t21-/m1/s1. The molecule has 0 aliphatic heterocycles. The summed E-state index contributed by atoms with van der Waals surface area (Å²) >= 11 is 1.67. The highest BCUT2D eigenvalue weighted by atomic mass is 32.2. The minimum Gasteiger partial charge on any atom is -0.355 e. The molecule has 4 nitrogen and oxygen atoms in total. The lowest BCUT2D eigenvalue weighted by Gasteiger charge is -2.31. The normalized spacial score (nSPS) is 11.7. The second kappa shape index (κ2) is 11.5.